The number of pyridine rings is 1. The van der Waals surface area contributed by atoms with E-state index >= 15 is 0 Å². The summed E-state index contributed by atoms with van der Waals surface area (Å²) < 4.78 is 40.7. The Bertz CT molecular complexity index is 706. The van der Waals surface area contributed by atoms with Crippen LogP contribution < -0.4 is 5.32 Å². The van der Waals surface area contributed by atoms with Gasteiger partial charge < -0.3 is 10.1 Å². The highest BCUT2D eigenvalue weighted by molar-refractivity contribution is 7.98. The zero-order valence-corrected chi connectivity index (χ0v) is 14.3. The van der Waals surface area contributed by atoms with E-state index in [-0.39, 0.29) is 12.5 Å². The maximum absolute atomic E-state index is 12.2. The van der Waals surface area contributed by atoms with Crippen molar-refractivity contribution in [3.05, 3.63) is 59.3 Å². The number of ether oxygens (including phenoxy) is 1. The number of hydrogen-bond acceptors (Lipinski definition) is 4. The minimum atomic E-state index is -4.33. The third-order valence-corrected chi connectivity index (χ3v) is 3.93. The summed E-state index contributed by atoms with van der Waals surface area (Å²) in [4.78, 5) is 16.3. The molecule has 1 heterocycles. The average Bonchev–Trinajstić information content (AvgIpc) is 2.59. The molecule has 8 heteroatoms. The SMILES string of the molecule is CSc1ncccc1C(=O)NCc1ccc(COCC(F)(F)F)cc1. The van der Waals surface area contributed by atoms with Gasteiger partial charge in [-0.3, -0.25) is 4.79 Å². The Morgan fingerprint density at radius 2 is 1.88 bits per heavy atom. The molecular formula is C17H17F3N2O2S. The highest BCUT2D eigenvalue weighted by atomic mass is 32.2. The predicted octanol–water partition coefficient (Wildman–Crippen LogP) is 3.81. The van der Waals surface area contributed by atoms with Gasteiger partial charge in [-0.25, -0.2) is 4.98 Å². The Labute approximate surface area is 147 Å². The van der Waals surface area contributed by atoms with Gasteiger partial charge >= 0.3 is 6.18 Å². The van der Waals surface area contributed by atoms with E-state index < -0.39 is 12.8 Å². The molecule has 0 aliphatic rings. The topological polar surface area (TPSA) is 51.2 Å². The Hall–Kier alpha value is -2.06. The molecular weight excluding hydrogens is 353 g/mol. The molecule has 1 aromatic carbocycles. The van der Waals surface area contributed by atoms with Gasteiger partial charge in [-0.15, -0.1) is 11.8 Å². The molecule has 0 fully saturated rings. The molecule has 0 bridgehead atoms. The van der Waals surface area contributed by atoms with Crippen molar-refractivity contribution in [1.29, 1.82) is 0 Å². The molecule has 1 amide bonds. The fourth-order valence-electron chi connectivity index (χ4n) is 2.04. The molecule has 0 unspecified atom stereocenters. The monoisotopic (exact) mass is 370 g/mol. The van der Waals surface area contributed by atoms with Crippen LogP contribution in [0.4, 0.5) is 13.2 Å². The summed E-state index contributed by atoms with van der Waals surface area (Å²) in [6, 6.07) is 10.2. The van der Waals surface area contributed by atoms with Gasteiger partial charge in [0, 0.05) is 12.7 Å². The number of thioether (sulfide) groups is 1. The Morgan fingerprint density at radius 1 is 1.20 bits per heavy atom. The van der Waals surface area contributed by atoms with E-state index in [0.29, 0.717) is 22.7 Å². The summed E-state index contributed by atoms with van der Waals surface area (Å²) in [5.74, 6) is -0.227. The van der Waals surface area contributed by atoms with E-state index in [1.54, 1.807) is 42.6 Å². The molecule has 1 N–H and O–H groups in total. The molecule has 0 saturated heterocycles. The van der Waals surface area contributed by atoms with Crippen molar-refractivity contribution >= 4 is 17.7 Å². The quantitative estimate of drug-likeness (QED) is 0.753. The number of amides is 1. The summed E-state index contributed by atoms with van der Waals surface area (Å²) in [5.41, 5.74) is 1.98. The summed E-state index contributed by atoms with van der Waals surface area (Å²) in [7, 11) is 0. The number of halogens is 3. The summed E-state index contributed by atoms with van der Waals surface area (Å²) in [5, 5.41) is 3.45. The number of aromatic nitrogens is 1. The molecule has 2 aromatic rings. The second-order valence-electron chi connectivity index (χ2n) is 5.17. The lowest BCUT2D eigenvalue weighted by Gasteiger charge is -2.09. The van der Waals surface area contributed by atoms with Crippen LogP contribution in [-0.4, -0.2) is 29.9 Å². The van der Waals surface area contributed by atoms with Gasteiger partial charge in [0.15, 0.2) is 0 Å². The van der Waals surface area contributed by atoms with E-state index in [2.05, 4.69) is 15.0 Å². The first-order valence-corrected chi connectivity index (χ1v) is 8.61. The largest absolute Gasteiger partial charge is 0.411 e. The van der Waals surface area contributed by atoms with Crippen molar-refractivity contribution in [2.24, 2.45) is 0 Å². The number of nitrogens with zero attached hydrogens (tertiary/aromatic N) is 1. The number of carbonyl (C=O) groups is 1. The molecule has 25 heavy (non-hydrogen) atoms. The van der Waals surface area contributed by atoms with Crippen molar-refractivity contribution in [1.82, 2.24) is 10.3 Å². The molecule has 0 spiro atoms. The first-order chi connectivity index (χ1) is 11.9. The molecule has 0 aliphatic carbocycles. The molecule has 134 valence electrons. The first-order valence-electron chi connectivity index (χ1n) is 7.38. The van der Waals surface area contributed by atoms with Gasteiger partial charge in [-0.2, -0.15) is 13.2 Å². The highest BCUT2D eigenvalue weighted by Gasteiger charge is 2.27. The van der Waals surface area contributed by atoms with Crippen LogP contribution in [0.3, 0.4) is 0 Å². The second-order valence-corrected chi connectivity index (χ2v) is 5.96. The maximum Gasteiger partial charge on any atom is 0.411 e. The van der Waals surface area contributed by atoms with Crippen molar-refractivity contribution in [3.63, 3.8) is 0 Å². The lowest BCUT2D eigenvalue weighted by atomic mass is 10.1. The molecule has 4 nitrogen and oxygen atoms in total. The van der Waals surface area contributed by atoms with Crippen LogP contribution in [0.25, 0.3) is 0 Å². The van der Waals surface area contributed by atoms with E-state index in [0.717, 1.165) is 5.56 Å². The minimum absolute atomic E-state index is 0.112. The van der Waals surface area contributed by atoms with Gasteiger partial charge in [0.05, 0.1) is 12.2 Å². The van der Waals surface area contributed by atoms with Crippen LogP contribution in [0.2, 0.25) is 0 Å². The number of carbonyl (C=O) groups excluding carboxylic acids is 1. The van der Waals surface area contributed by atoms with Crippen molar-refractivity contribution < 1.29 is 22.7 Å². The fraction of sp³-hybridized carbons (Fsp3) is 0.294. The summed E-state index contributed by atoms with van der Waals surface area (Å²) in [6.45, 7) is -1.07. The highest BCUT2D eigenvalue weighted by Crippen LogP contribution is 2.17. The normalized spacial score (nSPS) is 11.4. The van der Waals surface area contributed by atoms with Crippen LogP contribution in [0.15, 0.2) is 47.6 Å². The molecule has 2 rings (SSSR count). The molecule has 0 radical (unpaired) electrons. The van der Waals surface area contributed by atoms with Crippen molar-refractivity contribution in [2.75, 3.05) is 12.9 Å². The predicted molar refractivity (Wildman–Crippen MR) is 89.3 cm³/mol. The van der Waals surface area contributed by atoms with Gasteiger partial charge in [-0.1, -0.05) is 24.3 Å². The summed E-state index contributed by atoms with van der Waals surface area (Å²) >= 11 is 1.39. The first kappa shape index (κ1) is 19.3. The van der Waals surface area contributed by atoms with Crippen LogP contribution in [0.5, 0.6) is 0 Å². The Balaban J connectivity index is 1.86. The number of nitrogens with one attached hydrogen (secondary N) is 1. The number of alkyl halides is 3. The Kier molecular flexibility index (Phi) is 6.83. The van der Waals surface area contributed by atoms with Crippen LogP contribution in [0.1, 0.15) is 21.5 Å². The minimum Gasteiger partial charge on any atom is -0.367 e. The number of hydrogen-bond donors (Lipinski definition) is 1. The maximum atomic E-state index is 12.2. The van der Waals surface area contributed by atoms with E-state index in [1.165, 1.54) is 11.8 Å². The molecule has 0 atom stereocenters. The molecule has 0 saturated carbocycles. The van der Waals surface area contributed by atoms with Crippen molar-refractivity contribution in [3.8, 4) is 0 Å². The molecule has 1 aromatic heterocycles. The number of benzene rings is 1. The van der Waals surface area contributed by atoms with Gasteiger partial charge in [-0.05, 0) is 29.5 Å². The van der Waals surface area contributed by atoms with Crippen LogP contribution >= 0.6 is 11.8 Å². The molecule has 0 aliphatic heterocycles. The van der Waals surface area contributed by atoms with Crippen LogP contribution in [-0.2, 0) is 17.9 Å². The van der Waals surface area contributed by atoms with E-state index in [1.807, 2.05) is 6.26 Å². The van der Waals surface area contributed by atoms with Crippen molar-refractivity contribution in [2.45, 2.75) is 24.4 Å². The Morgan fingerprint density at radius 3 is 2.52 bits per heavy atom. The fourth-order valence-corrected chi connectivity index (χ4v) is 2.59. The smallest absolute Gasteiger partial charge is 0.367 e. The van der Waals surface area contributed by atoms with Gasteiger partial charge in [0.1, 0.15) is 11.6 Å². The third-order valence-electron chi connectivity index (χ3n) is 3.22. The average molecular weight is 370 g/mol. The lowest BCUT2D eigenvalue weighted by Crippen LogP contribution is -2.23. The van der Waals surface area contributed by atoms with Crippen LogP contribution in [0, 0.1) is 0 Å². The summed E-state index contributed by atoms with van der Waals surface area (Å²) in [6.07, 6.45) is -0.854. The third kappa shape index (κ3) is 6.39. The van der Waals surface area contributed by atoms with Gasteiger partial charge in [0.2, 0.25) is 0 Å². The van der Waals surface area contributed by atoms with Gasteiger partial charge in [0.25, 0.3) is 5.91 Å². The zero-order valence-electron chi connectivity index (χ0n) is 13.5. The second kappa shape index (κ2) is 8.87. The lowest BCUT2D eigenvalue weighted by molar-refractivity contribution is -0.176. The van der Waals surface area contributed by atoms with E-state index in [9.17, 15) is 18.0 Å². The van der Waals surface area contributed by atoms with E-state index in [4.69, 9.17) is 0 Å². The zero-order chi connectivity index (χ0) is 18.3. The standard InChI is InChI=1S/C17H17F3N2O2S/c1-25-16-14(3-2-8-21-16)15(23)22-9-12-4-6-13(7-5-12)10-24-11-17(18,19)20/h2-8H,9-11H2,1H3,(H,22,23). The number of rotatable bonds is 7.